The molecule has 2 aromatic carbocycles. The van der Waals surface area contributed by atoms with Crippen molar-refractivity contribution < 1.29 is 28.7 Å². The van der Waals surface area contributed by atoms with Crippen molar-refractivity contribution in [2.45, 2.75) is 35.4 Å². The van der Waals surface area contributed by atoms with Crippen LogP contribution in [0.25, 0.3) is 0 Å². The standard InChI is InChI=1S/C28H21BrCl3FN2O5/c1-12-5-6-13(9-18(12)30)35-23(37)15-8-7-14-17(20(15)24(35)38)10-27(31)25(39)34(11-29)26(40)28(27,32)21(14)16-3-2-4-19(33)22(16)36/h2-7,9,15,17,20-21,36H,8,10-11H2,1H3/t15-,17+,20-,21+,27+,28-/m0/s1. The molecule has 0 unspecified atom stereocenters. The summed E-state index contributed by atoms with van der Waals surface area (Å²) >= 11 is 23.6. The third-order valence-corrected chi connectivity index (χ3v) is 11.1. The molecule has 3 fully saturated rings. The van der Waals surface area contributed by atoms with Gasteiger partial charge in [0.15, 0.2) is 21.3 Å². The van der Waals surface area contributed by atoms with E-state index in [1.165, 1.54) is 12.1 Å². The number of aromatic hydroxyl groups is 1. The number of hydrogen-bond acceptors (Lipinski definition) is 5. The fraction of sp³-hybridized carbons (Fsp3) is 0.357. The monoisotopic (exact) mass is 668 g/mol. The number of carbonyl (C=O) groups excluding carboxylic acids is 4. The summed E-state index contributed by atoms with van der Waals surface area (Å²) in [7, 11) is 0. The summed E-state index contributed by atoms with van der Waals surface area (Å²) in [4.78, 5) is 52.7. The van der Waals surface area contributed by atoms with E-state index in [1.807, 2.05) is 0 Å². The Morgan fingerprint density at radius 3 is 2.48 bits per heavy atom. The second-order valence-electron chi connectivity index (χ2n) is 10.6. The minimum Gasteiger partial charge on any atom is -0.505 e. The van der Waals surface area contributed by atoms with Crippen LogP contribution >= 0.6 is 50.7 Å². The fourth-order valence-corrected chi connectivity index (χ4v) is 8.43. The van der Waals surface area contributed by atoms with Crippen molar-refractivity contribution in [2.75, 3.05) is 10.4 Å². The van der Waals surface area contributed by atoms with Gasteiger partial charge < -0.3 is 5.11 Å². The van der Waals surface area contributed by atoms with Crippen LogP contribution < -0.4 is 4.90 Å². The van der Waals surface area contributed by atoms with E-state index in [9.17, 15) is 28.7 Å². The maximum Gasteiger partial charge on any atom is 0.254 e. The minimum absolute atomic E-state index is 0.0362. The molecule has 0 radical (unpaired) electrons. The zero-order valence-corrected chi connectivity index (χ0v) is 24.7. The van der Waals surface area contributed by atoms with Gasteiger partial charge in [-0.05, 0) is 49.4 Å². The largest absolute Gasteiger partial charge is 0.505 e. The van der Waals surface area contributed by atoms with Crippen molar-refractivity contribution in [2.24, 2.45) is 17.8 Å². The molecule has 12 heteroatoms. The highest BCUT2D eigenvalue weighted by Crippen LogP contribution is 2.66. The Kier molecular flexibility index (Phi) is 6.42. The summed E-state index contributed by atoms with van der Waals surface area (Å²) in [5.74, 6) is -7.91. The maximum absolute atomic E-state index is 14.6. The van der Waals surface area contributed by atoms with Gasteiger partial charge in [-0.1, -0.05) is 57.4 Å². The number of fused-ring (bicyclic) bond motifs is 4. The second-order valence-corrected chi connectivity index (χ2v) is 12.8. The molecule has 40 heavy (non-hydrogen) atoms. The predicted molar refractivity (Wildman–Crippen MR) is 150 cm³/mol. The van der Waals surface area contributed by atoms with Gasteiger partial charge >= 0.3 is 0 Å². The van der Waals surface area contributed by atoms with E-state index < -0.39 is 68.6 Å². The first-order valence-electron chi connectivity index (χ1n) is 12.5. The molecule has 2 saturated heterocycles. The van der Waals surface area contributed by atoms with Crippen LogP contribution in [0.3, 0.4) is 0 Å². The quantitative estimate of drug-likeness (QED) is 0.204. The van der Waals surface area contributed by atoms with E-state index in [2.05, 4.69) is 15.9 Å². The molecule has 2 aromatic rings. The molecule has 0 spiro atoms. The molecule has 2 aliphatic carbocycles. The van der Waals surface area contributed by atoms with E-state index in [1.54, 1.807) is 31.2 Å². The van der Waals surface area contributed by atoms with E-state index in [-0.39, 0.29) is 23.9 Å². The number of aryl methyl sites for hydroxylation is 1. The lowest BCUT2D eigenvalue weighted by Crippen LogP contribution is -2.60. The lowest BCUT2D eigenvalue weighted by molar-refractivity contribution is -0.138. The Morgan fingerprint density at radius 2 is 1.80 bits per heavy atom. The normalized spacial score (nSPS) is 33.2. The zero-order valence-electron chi connectivity index (χ0n) is 20.8. The highest BCUT2D eigenvalue weighted by molar-refractivity contribution is 9.09. The van der Waals surface area contributed by atoms with Crippen molar-refractivity contribution >= 4 is 80.0 Å². The van der Waals surface area contributed by atoms with Crippen molar-refractivity contribution in [1.82, 2.24) is 4.90 Å². The number of hydrogen-bond donors (Lipinski definition) is 1. The molecule has 2 heterocycles. The van der Waals surface area contributed by atoms with Crippen LogP contribution in [-0.2, 0) is 19.2 Å². The van der Waals surface area contributed by atoms with Gasteiger partial charge in [0.2, 0.25) is 11.8 Å². The zero-order chi connectivity index (χ0) is 28.9. The van der Waals surface area contributed by atoms with Crippen LogP contribution in [0, 0.1) is 30.5 Å². The number of nitrogens with zero attached hydrogens (tertiary/aromatic N) is 2. The number of halogens is 5. The Morgan fingerprint density at radius 1 is 1.07 bits per heavy atom. The van der Waals surface area contributed by atoms with E-state index >= 15 is 0 Å². The maximum atomic E-state index is 14.6. The first-order valence-corrected chi connectivity index (χ1v) is 14.8. The molecule has 6 atom stereocenters. The van der Waals surface area contributed by atoms with Crippen LogP contribution in [0.2, 0.25) is 5.02 Å². The van der Waals surface area contributed by atoms with Crippen LogP contribution in [0.1, 0.15) is 29.9 Å². The summed E-state index contributed by atoms with van der Waals surface area (Å²) in [6.45, 7) is 1.80. The number of likely N-dealkylation sites (tertiary alicyclic amines) is 1. The Bertz CT molecular complexity index is 1570. The van der Waals surface area contributed by atoms with Crippen LogP contribution in [0.15, 0.2) is 48.0 Å². The van der Waals surface area contributed by atoms with Crippen molar-refractivity contribution in [3.63, 3.8) is 0 Å². The van der Waals surface area contributed by atoms with Gasteiger partial charge in [-0.25, -0.2) is 9.29 Å². The number of para-hydroxylation sites is 1. The van der Waals surface area contributed by atoms with E-state index in [4.69, 9.17) is 34.8 Å². The Hall–Kier alpha value is -2.46. The molecule has 7 nitrogen and oxygen atoms in total. The number of allylic oxidation sites excluding steroid dienone is 2. The molecular weight excluding hydrogens is 650 g/mol. The molecule has 1 N–H and O–H groups in total. The summed E-state index contributed by atoms with van der Waals surface area (Å²) in [5.41, 5.74) is 1.33. The number of rotatable bonds is 3. The van der Waals surface area contributed by atoms with Crippen LogP contribution in [0.4, 0.5) is 10.1 Å². The minimum atomic E-state index is -2.13. The number of carbonyl (C=O) groups is 4. The van der Waals surface area contributed by atoms with Crippen LogP contribution in [0.5, 0.6) is 5.75 Å². The van der Waals surface area contributed by atoms with Crippen LogP contribution in [-0.4, -0.2) is 48.8 Å². The number of benzene rings is 2. The summed E-state index contributed by atoms with van der Waals surface area (Å²) in [5, 5.41) is 11.2. The molecule has 6 rings (SSSR count). The van der Waals surface area contributed by atoms with Crippen molar-refractivity contribution in [3.05, 3.63) is 70.0 Å². The number of imide groups is 2. The van der Waals surface area contributed by atoms with E-state index in [0.717, 1.165) is 21.4 Å². The first kappa shape index (κ1) is 27.7. The summed E-state index contributed by atoms with van der Waals surface area (Å²) in [6, 6.07) is 8.71. The Labute approximate surface area is 252 Å². The highest BCUT2D eigenvalue weighted by atomic mass is 79.9. The summed E-state index contributed by atoms with van der Waals surface area (Å²) < 4.78 is 14.6. The molecular formula is C28H21BrCl3FN2O5. The third kappa shape index (κ3) is 3.41. The number of phenolic OH excluding ortho intramolecular Hbond substituents is 1. The third-order valence-electron chi connectivity index (χ3n) is 8.76. The van der Waals surface area contributed by atoms with Gasteiger partial charge in [0.1, 0.15) is 0 Å². The molecule has 1 saturated carbocycles. The average molecular weight is 671 g/mol. The van der Waals surface area contributed by atoms with Crippen molar-refractivity contribution in [3.8, 4) is 5.75 Å². The highest BCUT2D eigenvalue weighted by Gasteiger charge is 2.76. The SMILES string of the molecule is Cc1ccc(N2C(=O)[C@H]3[C@H](CC=C4[C@H]3C[C@@]3(Cl)C(=O)N(CBr)C(=O)[C@@]3(Cl)[C@H]4c3cccc(F)c3O)C2=O)cc1Cl. The van der Waals surface area contributed by atoms with Gasteiger partial charge in [-0.15, -0.1) is 23.2 Å². The van der Waals surface area contributed by atoms with Gasteiger partial charge in [0, 0.05) is 16.5 Å². The van der Waals surface area contributed by atoms with Crippen molar-refractivity contribution in [1.29, 1.82) is 0 Å². The molecule has 0 bridgehead atoms. The first-order chi connectivity index (χ1) is 18.9. The van der Waals surface area contributed by atoms with E-state index in [0.29, 0.717) is 16.3 Å². The fourth-order valence-electron chi connectivity index (χ4n) is 6.84. The van der Waals surface area contributed by atoms with Gasteiger partial charge in [-0.2, -0.15) is 0 Å². The summed E-state index contributed by atoms with van der Waals surface area (Å²) in [6.07, 6.45) is 1.64. The van der Waals surface area contributed by atoms with Gasteiger partial charge in [0.25, 0.3) is 11.8 Å². The van der Waals surface area contributed by atoms with Gasteiger partial charge in [0.05, 0.1) is 23.0 Å². The topological polar surface area (TPSA) is 95.0 Å². The smallest absolute Gasteiger partial charge is 0.254 e. The number of alkyl halides is 3. The Balaban J connectivity index is 1.53. The predicted octanol–water partition coefficient (Wildman–Crippen LogP) is 5.41. The van der Waals surface area contributed by atoms with Gasteiger partial charge in [-0.3, -0.25) is 24.1 Å². The lowest BCUT2D eigenvalue weighted by Gasteiger charge is -2.50. The molecule has 0 aromatic heterocycles. The average Bonchev–Trinajstić information content (AvgIpc) is 3.25. The molecule has 208 valence electrons. The number of anilines is 1. The lowest BCUT2D eigenvalue weighted by atomic mass is 9.56. The number of phenols is 1. The molecule has 4 amide bonds. The molecule has 2 aliphatic heterocycles. The molecule has 4 aliphatic rings. The second kappa shape index (κ2) is 9.28. The number of amides is 4.